The highest BCUT2D eigenvalue weighted by Gasteiger charge is 2.54. The number of nitrogens with two attached hydrogens (primary N) is 1. The van der Waals surface area contributed by atoms with E-state index < -0.39 is 48.2 Å². The van der Waals surface area contributed by atoms with E-state index in [0.717, 1.165) is 16.4 Å². The average Bonchev–Trinajstić information content (AvgIpc) is 3.52. The van der Waals surface area contributed by atoms with E-state index >= 15 is 0 Å². The lowest BCUT2D eigenvalue weighted by Crippen LogP contribution is -2.71. The van der Waals surface area contributed by atoms with Crippen LogP contribution in [0, 0.1) is 0 Å². The van der Waals surface area contributed by atoms with E-state index in [-0.39, 0.29) is 29.0 Å². The molecule has 19 heteroatoms. The molecule has 40 heavy (non-hydrogen) atoms. The number of carbonyl (C=O) groups is 4. The molecule has 0 saturated carbocycles. The Bertz CT molecular complexity index is 1570. The van der Waals surface area contributed by atoms with Crippen LogP contribution in [0.1, 0.15) is 5.82 Å². The molecule has 1 saturated heterocycles. The number of aliphatic carboxylic acids is 1. The molecule has 0 unspecified atom stereocenters. The first-order valence-electron chi connectivity index (χ1n) is 11.5. The molecule has 16 nitrogen and oxygen atoms in total. The number of alkyl halides is 1. The number of halogens is 1. The van der Waals surface area contributed by atoms with Crippen molar-refractivity contribution in [2.75, 3.05) is 30.1 Å². The number of aromatic nitrogens is 5. The van der Waals surface area contributed by atoms with Gasteiger partial charge in [-0.15, -0.1) is 11.8 Å². The first-order valence-corrected chi connectivity index (χ1v) is 13.3. The molecule has 3 aromatic rings. The van der Waals surface area contributed by atoms with Crippen molar-refractivity contribution in [1.82, 2.24) is 29.2 Å². The molecule has 2 aliphatic rings. The van der Waals surface area contributed by atoms with Crippen molar-refractivity contribution in [2.45, 2.75) is 18.0 Å². The fourth-order valence-corrected chi connectivity index (χ4v) is 5.97. The number of amides is 3. The molecular formula is C21H20FN10O6S2+. The number of nitrogens with one attached hydrogen (secondary N) is 2. The highest BCUT2D eigenvalue weighted by molar-refractivity contribution is 8.00. The molecule has 1 fully saturated rings. The van der Waals surface area contributed by atoms with Crippen molar-refractivity contribution < 1.29 is 38.1 Å². The molecule has 2 atom stereocenters. The van der Waals surface area contributed by atoms with Crippen LogP contribution in [0.3, 0.4) is 0 Å². The number of carboxylic acid groups (broad SMARTS) is 1. The van der Waals surface area contributed by atoms with Crippen LogP contribution in [-0.2, 0) is 30.6 Å². The number of thioether (sulfide) groups is 1. The maximum atomic E-state index is 13.1. The number of hydrogen-bond acceptors (Lipinski definition) is 12. The number of hydrogen-bond donors (Lipinski definition) is 4. The Morgan fingerprint density at radius 1 is 1.43 bits per heavy atom. The zero-order chi connectivity index (χ0) is 28.4. The third-order valence-electron chi connectivity index (χ3n) is 5.83. The second-order valence-electron chi connectivity index (χ2n) is 8.23. The van der Waals surface area contributed by atoms with Crippen molar-refractivity contribution in [2.24, 2.45) is 5.16 Å². The Morgan fingerprint density at radius 2 is 2.25 bits per heavy atom. The molecule has 208 valence electrons. The van der Waals surface area contributed by atoms with Crippen molar-refractivity contribution in [3.8, 4) is 0 Å². The van der Waals surface area contributed by atoms with Crippen LogP contribution < -0.4 is 20.9 Å². The molecule has 3 amide bonds. The number of nitrogens with zero attached hydrogens (tertiary/aromatic N) is 7. The molecule has 2 aliphatic heterocycles. The second-order valence-corrected chi connectivity index (χ2v) is 10.1. The number of oxime groups is 1. The summed E-state index contributed by atoms with van der Waals surface area (Å²) in [4.78, 5) is 59.2. The highest BCUT2D eigenvalue weighted by Crippen LogP contribution is 2.40. The van der Waals surface area contributed by atoms with Gasteiger partial charge in [0.25, 0.3) is 17.6 Å². The predicted octanol–water partition coefficient (Wildman–Crippen LogP) is -1.25. The van der Waals surface area contributed by atoms with Crippen molar-refractivity contribution in [1.29, 1.82) is 0 Å². The number of anilines is 2. The fourth-order valence-electron chi connectivity index (χ4n) is 4.20. The Labute approximate surface area is 231 Å². The van der Waals surface area contributed by atoms with Crippen LogP contribution >= 0.6 is 23.3 Å². The topological polar surface area (TPSA) is 210 Å². The van der Waals surface area contributed by atoms with Crippen molar-refractivity contribution >= 4 is 69.8 Å². The standard InChI is InChI=1S/C21H19FN10O6S2/c22-3-5-38-28-13(16-27-21(23)40-29-16)17(34)26-14-18(35)31-15(20(36)37)10(8-39-19(14)31)6-30-7-11(24-9-33)32-12(30)2-1-4-25-32/h1-2,4,7,9,14,19H,3,5-6,8H2,(H4-,23,24,25,26,27,29,33,34,36,37)/p+1/b28-13-/t14-,19-/m1/s1. The van der Waals surface area contributed by atoms with Gasteiger partial charge in [0.15, 0.2) is 11.3 Å². The predicted molar refractivity (Wildman–Crippen MR) is 138 cm³/mol. The van der Waals surface area contributed by atoms with Crippen LogP contribution in [-0.4, -0.2) is 89.3 Å². The van der Waals surface area contributed by atoms with E-state index in [0.29, 0.717) is 23.4 Å². The summed E-state index contributed by atoms with van der Waals surface area (Å²) in [6.45, 7) is -1.18. The van der Waals surface area contributed by atoms with E-state index in [1.54, 1.807) is 22.9 Å². The lowest BCUT2D eigenvalue weighted by Gasteiger charge is -2.49. The minimum absolute atomic E-state index is 0.0530. The second kappa shape index (κ2) is 11.2. The average molecular weight is 592 g/mol. The number of fused-ring (bicyclic) bond motifs is 2. The van der Waals surface area contributed by atoms with E-state index in [4.69, 9.17) is 10.6 Å². The van der Waals surface area contributed by atoms with Gasteiger partial charge >= 0.3 is 11.6 Å². The third-order valence-corrected chi connectivity index (χ3v) is 7.71. The van der Waals surface area contributed by atoms with Gasteiger partial charge in [0.2, 0.25) is 17.9 Å². The molecule has 0 spiro atoms. The van der Waals surface area contributed by atoms with E-state index in [1.807, 2.05) is 0 Å². The summed E-state index contributed by atoms with van der Waals surface area (Å²) in [5.41, 5.74) is 5.99. The molecule has 0 aromatic carbocycles. The summed E-state index contributed by atoms with van der Waals surface area (Å²) in [6, 6.07) is 2.35. The number of nitrogen functional groups attached to an aromatic ring is 1. The molecule has 3 aromatic heterocycles. The molecule has 5 N–H and O–H groups in total. The highest BCUT2D eigenvalue weighted by atomic mass is 32.2. The van der Waals surface area contributed by atoms with Crippen LogP contribution in [0.15, 0.2) is 41.0 Å². The lowest BCUT2D eigenvalue weighted by molar-refractivity contribution is -0.662. The van der Waals surface area contributed by atoms with Gasteiger partial charge in [0.1, 0.15) is 36.9 Å². The summed E-state index contributed by atoms with van der Waals surface area (Å²) in [5, 5.41) is 22.2. The van der Waals surface area contributed by atoms with Gasteiger partial charge in [-0.05, 0) is 6.07 Å². The van der Waals surface area contributed by atoms with Gasteiger partial charge < -0.3 is 21.0 Å². The molecule has 0 radical (unpaired) electrons. The quantitative estimate of drug-likeness (QED) is 0.0517. The lowest BCUT2D eigenvalue weighted by atomic mass is 10.0. The zero-order valence-electron chi connectivity index (χ0n) is 20.3. The molecule has 0 aliphatic carbocycles. The number of β-lactam (4-membered cyclic amide) rings is 1. The minimum Gasteiger partial charge on any atom is -0.477 e. The molecular weight excluding hydrogens is 571 g/mol. The largest absolute Gasteiger partial charge is 0.477 e. The van der Waals surface area contributed by atoms with Crippen LogP contribution in [0.5, 0.6) is 0 Å². The fraction of sp³-hybridized carbons (Fsp3) is 0.286. The normalized spacial score (nSPS) is 18.8. The number of carboxylic acids is 1. The molecule has 5 heterocycles. The number of carbonyl (C=O) groups excluding carboxylic acids is 3. The third kappa shape index (κ3) is 4.91. The van der Waals surface area contributed by atoms with E-state index in [9.17, 15) is 28.7 Å². The van der Waals surface area contributed by atoms with Crippen LogP contribution in [0.25, 0.3) is 5.65 Å². The van der Waals surface area contributed by atoms with Gasteiger partial charge in [-0.3, -0.25) is 24.6 Å². The molecule has 5 rings (SSSR count). The van der Waals surface area contributed by atoms with Crippen LogP contribution in [0.4, 0.5) is 15.3 Å². The summed E-state index contributed by atoms with van der Waals surface area (Å²) >= 11 is 2.07. The maximum Gasteiger partial charge on any atom is 0.352 e. The smallest absolute Gasteiger partial charge is 0.352 e. The Balaban J connectivity index is 1.38. The van der Waals surface area contributed by atoms with Crippen molar-refractivity contribution in [3.05, 3.63) is 41.6 Å². The maximum absolute atomic E-state index is 13.1. The van der Waals surface area contributed by atoms with Gasteiger partial charge in [-0.2, -0.15) is 9.36 Å². The zero-order valence-corrected chi connectivity index (χ0v) is 21.9. The summed E-state index contributed by atoms with van der Waals surface area (Å²) in [7, 11) is 0. The minimum atomic E-state index is -1.31. The van der Waals surface area contributed by atoms with Crippen LogP contribution in [0.2, 0.25) is 0 Å². The Kier molecular flexibility index (Phi) is 7.56. The number of imidazole rings is 1. The van der Waals surface area contributed by atoms with Crippen molar-refractivity contribution in [3.63, 3.8) is 0 Å². The Hall–Kier alpha value is -4.65. The van der Waals surface area contributed by atoms with Gasteiger partial charge in [-0.1, -0.05) is 14.8 Å². The van der Waals surface area contributed by atoms with E-state index in [2.05, 4.69) is 30.2 Å². The summed E-state index contributed by atoms with van der Waals surface area (Å²) in [5.74, 6) is -2.39. The molecule has 0 bridgehead atoms. The van der Waals surface area contributed by atoms with Gasteiger partial charge in [-0.25, -0.2) is 13.8 Å². The number of rotatable bonds is 11. The SMILES string of the molecule is Nc1nc(/C(=N/OCCF)C(=O)N[C@@H]2C(=O)N3C(C(=O)O)=C(C[n+]4cc(NC=O)n5ncccc54)CS[C@H]23)ns1. The summed E-state index contributed by atoms with van der Waals surface area (Å²) < 4.78 is 19.6. The first-order chi connectivity index (χ1) is 19.3. The Morgan fingerprint density at radius 3 is 2.95 bits per heavy atom. The monoisotopic (exact) mass is 591 g/mol. The summed E-state index contributed by atoms with van der Waals surface area (Å²) in [6.07, 6.45) is 3.64. The van der Waals surface area contributed by atoms with Gasteiger partial charge in [0.05, 0.1) is 6.20 Å². The first kappa shape index (κ1) is 26.9. The van der Waals surface area contributed by atoms with Gasteiger partial charge in [0, 0.05) is 28.9 Å². The van der Waals surface area contributed by atoms with E-state index in [1.165, 1.54) is 22.5 Å².